The zero-order valence-electron chi connectivity index (χ0n) is 14.8. The molecule has 0 atom stereocenters. The van der Waals surface area contributed by atoms with Crippen LogP contribution < -0.4 is 0 Å². The summed E-state index contributed by atoms with van der Waals surface area (Å²) in [6.07, 6.45) is -3.76. The molecule has 0 aliphatic heterocycles. The summed E-state index contributed by atoms with van der Waals surface area (Å²) in [5.74, 6) is -13.3. The Labute approximate surface area is 149 Å². The molecule has 0 aliphatic rings. The van der Waals surface area contributed by atoms with E-state index in [1.165, 1.54) is 0 Å². The van der Waals surface area contributed by atoms with Crippen LogP contribution in [-0.2, 0) is 0 Å². The summed E-state index contributed by atoms with van der Waals surface area (Å²) in [4.78, 5) is 0. The molecule has 0 nitrogen and oxygen atoms in total. The zero-order valence-corrected chi connectivity index (χ0v) is 16.5. The van der Waals surface area contributed by atoms with Crippen LogP contribution >= 0.6 is 17.2 Å². The second kappa shape index (κ2) is 9.25. The average Bonchev–Trinajstić information content (AvgIpc) is 2.54. The second-order valence-corrected chi connectivity index (χ2v) is 14.1. The Morgan fingerprint density at radius 2 is 1.08 bits per heavy atom. The van der Waals surface area contributed by atoms with Gasteiger partial charge in [-0.25, -0.2) is 0 Å². The summed E-state index contributed by atoms with van der Waals surface area (Å²) in [6, 6.07) is 0. The third kappa shape index (κ3) is 5.72. The van der Waals surface area contributed by atoms with Crippen LogP contribution in [0.3, 0.4) is 0 Å². The van der Waals surface area contributed by atoms with Gasteiger partial charge in [0.25, 0.3) is 0 Å². The maximum absolute atomic E-state index is 14.9. The van der Waals surface area contributed by atoms with E-state index < -0.39 is 29.4 Å². The van der Waals surface area contributed by atoms with Gasteiger partial charge in [0, 0.05) is 0 Å². The number of hydrogen-bond acceptors (Lipinski definition) is 0. The Morgan fingerprint density at radius 1 is 0.760 bits per heavy atom. The number of halogens is 8. The van der Waals surface area contributed by atoms with Crippen molar-refractivity contribution < 1.29 is 30.7 Å². The van der Waals surface area contributed by atoms with Crippen LogP contribution in [0.2, 0.25) is 0 Å². The molecule has 0 aliphatic carbocycles. The molecule has 0 N–H and O–H groups in total. The fourth-order valence-corrected chi connectivity index (χ4v) is 9.00. The van der Waals surface area contributed by atoms with Crippen molar-refractivity contribution in [2.75, 3.05) is 18.5 Å². The van der Waals surface area contributed by atoms with Crippen LogP contribution in [0, 0.1) is 0 Å². The van der Waals surface area contributed by atoms with Gasteiger partial charge in [-0.15, -0.1) is 0 Å². The van der Waals surface area contributed by atoms with Crippen molar-refractivity contribution in [2.24, 2.45) is 0 Å². The molecule has 0 saturated carbocycles. The molecule has 0 spiro atoms. The molecule has 0 aromatic heterocycles. The number of rotatable bonds is 11. The molecule has 152 valence electrons. The van der Waals surface area contributed by atoms with Gasteiger partial charge in [-0.05, 0) is 0 Å². The normalized spacial score (nSPS) is 16.4. The quantitative estimate of drug-likeness (QED) is 0.233. The molecule has 0 heterocycles. The summed E-state index contributed by atoms with van der Waals surface area (Å²) >= 11 is 6.59. The predicted molar refractivity (Wildman–Crippen MR) is 92.3 cm³/mol. The van der Waals surface area contributed by atoms with E-state index >= 15 is 0 Å². The van der Waals surface area contributed by atoms with Crippen molar-refractivity contribution in [3.8, 4) is 0 Å². The third-order valence-electron chi connectivity index (χ3n) is 4.38. The molecular formula is C16H27ClF7P. The van der Waals surface area contributed by atoms with Crippen LogP contribution in [0.5, 0.6) is 0 Å². The Morgan fingerprint density at radius 3 is 1.32 bits per heavy atom. The SMILES string of the molecule is CCCCP(Cl)(CCCC)(CCCC)/C(F)=C(\F)C(F)(F)C(F)(F)F. The van der Waals surface area contributed by atoms with Gasteiger partial charge in [0.2, 0.25) is 0 Å². The Kier molecular flexibility index (Phi) is 9.24. The Balaban J connectivity index is 6.37. The van der Waals surface area contributed by atoms with Crippen molar-refractivity contribution in [3.63, 3.8) is 0 Å². The van der Waals surface area contributed by atoms with E-state index in [9.17, 15) is 30.7 Å². The van der Waals surface area contributed by atoms with Gasteiger partial charge >= 0.3 is 149 Å². The topological polar surface area (TPSA) is 0 Å². The summed E-state index contributed by atoms with van der Waals surface area (Å²) in [5, 5.41) is 0. The van der Waals surface area contributed by atoms with Crippen LogP contribution in [-0.4, -0.2) is 30.6 Å². The molecule has 0 aromatic carbocycles. The molecule has 0 fully saturated rings. The molecule has 0 rings (SSSR count). The number of unbranched alkanes of at least 4 members (excludes halogenated alkanes) is 3. The van der Waals surface area contributed by atoms with Crippen LogP contribution in [0.15, 0.2) is 11.4 Å². The van der Waals surface area contributed by atoms with Crippen molar-refractivity contribution in [1.29, 1.82) is 0 Å². The summed E-state index contributed by atoms with van der Waals surface area (Å²) in [7, 11) is 0. The number of allylic oxidation sites excluding steroid dienone is 1. The minimum atomic E-state index is -6.21. The van der Waals surface area contributed by atoms with Gasteiger partial charge in [-0.1, -0.05) is 0 Å². The maximum atomic E-state index is 14.9. The van der Waals surface area contributed by atoms with E-state index in [-0.39, 0.29) is 18.5 Å². The van der Waals surface area contributed by atoms with Crippen molar-refractivity contribution in [2.45, 2.75) is 71.4 Å². The van der Waals surface area contributed by atoms with E-state index in [1.807, 2.05) is 0 Å². The van der Waals surface area contributed by atoms with Crippen LogP contribution in [0.25, 0.3) is 0 Å². The van der Waals surface area contributed by atoms with E-state index in [4.69, 9.17) is 11.2 Å². The molecule has 25 heavy (non-hydrogen) atoms. The molecule has 0 bridgehead atoms. The predicted octanol–water partition coefficient (Wildman–Crippen LogP) is 8.40. The van der Waals surface area contributed by atoms with Gasteiger partial charge in [0.1, 0.15) is 0 Å². The summed E-state index contributed by atoms with van der Waals surface area (Å²) in [5.41, 5.74) is -2.04. The molecule has 0 aromatic rings. The van der Waals surface area contributed by atoms with Crippen LogP contribution in [0.4, 0.5) is 30.7 Å². The van der Waals surface area contributed by atoms with E-state index in [2.05, 4.69) is 0 Å². The third-order valence-corrected chi connectivity index (χ3v) is 11.5. The first-order valence-corrected chi connectivity index (χ1v) is 12.2. The zero-order chi connectivity index (χ0) is 20.0. The minimum absolute atomic E-state index is 0.0726. The average molecular weight is 419 g/mol. The van der Waals surface area contributed by atoms with Gasteiger partial charge in [-0.2, -0.15) is 0 Å². The van der Waals surface area contributed by atoms with Gasteiger partial charge in [0.15, 0.2) is 0 Å². The molecule has 0 saturated heterocycles. The molecule has 0 radical (unpaired) electrons. The second-order valence-electron chi connectivity index (χ2n) is 6.50. The van der Waals surface area contributed by atoms with Gasteiger partial charge < -0.3 is 0 Å². The molecule has 0 unspecified atom stereocenters. The van der Waals surface area contributed by atoms with E-state index in [0.717, 1.165) is 0 Å². The Hall–Kier alpha value is -0.0300. The fourth-order valence-electron chi connectivity index (χ4n) is 2.69. The monoisotopic (exact) mass is 418 g/mol. The van der Waals surface area contributed by atoms with Crippen molar-refractivity contribution >= 4 is 17.2 Å². The fraction of sp³-hybridized carbons (Fsp3) is 0.875. The number of alkyl halides is 5. The first-order valence-electron chi connectivity index (χ1n) is 8.54. The van der Waals surface area contributed by atoms with Gasteiger partial charge in [0.05, 0.1) is 0 Å². The van der Waals surface area contributed by atoms with E-state index in [0.29, 0.717) is 38.5 Å². The van der Waals surface area contributed by atoms with E-state index in [1.54, 1.807) is 20.8 Å². The first-order chi connectivity index (χ1) is 11.3. The summed E-state index contributed by atoms with van der Waals surface area (Å²) < 4.78 is 93.3. The van der Waals surface area contributed by atoms with Crippen molar-refractivity contribution in [1.82, 2.24) is 0 Å². The number of hydrogen-bond donors (Lipinski definition) is 0. The molecule has 9 heteroatoms. The van der Waals surface area contributed by atoms with Crippen molar-refractivity contribution in [3.05, 3.63) is 11.4 Å². The van der Waals surface area contributed by atoms with Crippen LogP contribution in [0.1, 0.15) is 59.3 Å². The first kappa shape index (κ1) is 25.0. The molecular weight excluding hydrogens is 392 g/mol. The summed E-state index contributed by atoms with van der Waals surface area (Å²) in [6.45, 7) is 5.29. The molecule has 0 amide bonds. The van der Waals surface area contributed by atoms with Gasteiger partial charge in [-0.3, -0.25) is 0 Å². The Bertz CT molecular complexity index is 435. The standard InChI is InChI=1S/C16H27ClF7P/c1-4-7-10-25(17,11-8-5-2,12-9-6-3)14(19)13(18)15(20,21)16(22,23)24/h4-12H2,1-3H3/b14-13-.